The van der Waals surface area contributed by atoms with Gasteiger partial charge < -0.3 is 10.6 Å². The first-order chi connectivity index (χ1) is 11.2. The third kappa shape index (κ3) is 3.62. The molecule has 1 aliphatic heterocycles. The van der Waals surface area contributed by atoms with Crippen LogP contribution in [-0.2, 0) is 11.8 Å². The largest absolute Gasteiger partial charge is 0.348 e. The highest BCUT2D eigenvalue weighted by molar-refractivity contribution is 5.77. The lowest BCUT2D eigenvalue weighted by atomic mass is 9.91. The van der Waals surface area contributed by atoms with Crippen LogP contribution < -0.4 is 10.6 Å². The minimum atomic E-state index is 0.00946. The molecule has 2 aromatic rings. The minimum Gasteiger partial charge on any atom is -0.348 e. The van der Waals surface area contributed by atoms with E-state index in [1.807, 2.05) is 36.1 Å². The number of carbonyl (C=O) groups is 1. The highest BCUT2D eigenvalue weighted by Crippen LogP contribution is 2.27. The van der Waals surface area contributed by atoms with Crippen molar-refractivity contribution in [3.05, 3.63) is 53.9 Å². The fraction of sp³-hybridized carbons (Fsp3) is 0.444. The molecular weight excluding hydrogens is 288 g/mol. The predicted molar refractivity (Wildman–Crippen MR) is 89.7 cm³/mol. The summed E-state index contributed by atoms with van der Waals surface area (Å²) in [4.78, 5) is 11.9. The summed E-state index contributed by atoms with van der Waals surface area (Å²) in [6.45, 7) is 2.16. The molecule has 3 atom stereocenters. The molecule has 2 heterocycles. The first-order valence-corrected chi connectivity index (χ1v) is 8.27. The Balaban J connectivity index is 1.79. The number of amides is 1. The summed E-state index contributed by atoms with van der Waals surface area (Å²) in [6.07, 6.45) is 4.34. The molecule has 2 N–H and O–H groups in total. The van der Waals surface area contributed by atoms with Crippen molar-refractivity contribution < 1.29 is 4.79 Å². The third-order valence-corrected chi connectivity index (χ3v) is 4.47. The lowest BCUT2D eigenvalue weighted by Crippen LogP contribution is -2.49. The smallest absolute Gasteiger partial charge is 0.220 e. The Bertz CT molecular complexity index is 652. The molecule has 1 aliphatic rings. The third-order valence-electron chi connectivity index (χ3n) is 4.47. The SMILES string of the molecule is CCC(N[C@@H]1CCC(=O)N[C@H]1c1ccccc1)c1ccn(C)n1. The monoisotopic (exact) mass is 312 g/mol. The number of aryl methyl sites for hydroxylation is 1. The van der Waals surface area contributed by atoms with Gasteiger partial charge in [0.1, 0.15) is 0 Å². The van der Waals surface area contributed by atoms with Crippen molar-refractivity contribution in [2.75, 3.05) is 0 Å². The van der Waals surface area contributed by atoms with Gasteiger partial charge in [0, 0.05) is 25.7 Å². The van der Waals surface area contributed by atoms with Crippen molar-refractivity contribution in [2.45, 2.75) is 44.3 Å². The molecule has 5 heteroatoms. The van der Waals surface area contributed by atoms with Gasteiger partial charge in [-0.2, -0.15) is 5.10 Å². The van der Waals surface area contributed by atoms with Crippen LogP contribution in [-0.4, -0.2) is 21.7 Å². The summed E-state index contributed by atoms with van der Waals surface area (Å²) < 4.78 is 1.83. The van der Waals surface area contributed by atoms with Crippen molar-refractivity contribution in [1.82, 2.24) is 20.4 Å². The quantitative estimate of drug-likeness (QED) is 0.892. The number of hydrogen-bond acceptors (Lipinski definition) is 3. The molecule has 1 amide bonds. The van der Waals surface area contributed by atoms with Gasteiger partial charge in [-0.15, -0.1) is 0 Å². The number of benzene rings is 1. The molecule has 0 aliphatic carbocycles. The van der Waals surface area contributed by atoms with Crippen LogP contribution in [0.4, 0.5) is 0 Å². The maximum absolute atomic E-state index is 11.9. The van der Waals surface area contributed by atoms with Gasteiger partial charge in [0.05, 0.1) is 17.8 Å². The van der Waals surface area contributed by atoms with Crippen LogP contribution in [0.15, 0.2) is 42.6 Å². The second-order valence-corrected chi connectivity index (χ2v) is 6.14. The van der Waals surface area contributed by atoms with Gasteiger partial charge in [-0.1, -0.05) is 37.3 Å². The number of nitrogens with one attached hydrogen (secondary N) is 2. The summed E-state index contributed by atoms with van der Waals surface area (Å²) in [7, 11) is 1.93. The van der Waals surface area contributed by atoms with Gasteiger partial charge in [-0.25, -0.2) is 0 Å². The molecule has 23 heavy (non-hydrogen) atoms. The second kappa shape index (κ2) is 6.96. The predicted octanol–water partition coefficient (Wildman–Crippen LogP) is 2.48. The summed E-state index contributed by atoms with van der Waals surface area (Å²) in [5, 5.41) is 11.4. The van der Waals surface area contributed by atoms with Gasteiger partial charge in [-0.05, 0) is 24.5 Å². The Morgan fingerprint density at radius 3 is 2.78 bits per heavy atom. The minimum absolute atomic E-state index is 0.00946. The topological polar surface area (TPSA) is 59.0 Å². The highest BCUT2D eigenvalue weighted by Gasteiger charge is 2.31. The second-order valence-electron chi connectivity index (χ2n) is 6.14. The lowest BCUT2D eigenvalue weighted by molar-refractivity contribution is -0.124. The maximum atomic E-state index is 11.9. The molecular formula is C18H24N4O. The maximum Gasteiger partial charge on any atom is 0.220 e. The summed E-state index contributed by atoms with van der Waals surface area (Å²) >= 11 is 0. The van der Waals surface area contributed by atoms with Crippen molar-refractivity contribution in [2.24, 2.45) is 7.05 Å². The first kappa shape index (κ1) is 15.7. The molecule has 5 nitrogen and oxygen atoms in total. The average Bonchev–Trinajstić information content (AvgIpc) is 3.01. The van der Waals surface area contributed by atoms with Crippen LogP contribution in [0.3, 0.4) is 0 Å². The molecule has 0 saturated carbocycles. The number of aromatic nitrogens is 2. The highest BCUT2D eigenvalue weighted by atomic mass is 16.1. The molecule has 3 rings (SSSR count). The van der Waals surface area contributed by atoms with E-state index in [0.717, 1.165) is 24.1 Å². The Labute approximate surface area is 137 Å². The van der Waals surface area contributed by atoms with E-state index in [1.165, 1.54) is 0 Å². The zero-order valence-electron chi connectivity index (χ0n) is 13.7. The number of carbonyl (C=O) groups excluding carboxylic acids is 1. The fourth-order valence-electron chi connectivity index (χ4n) is 3.24. The zero-order valence-corrected chi connectivity index (χ0v) is 13.7. The molecule has 0 radical (unpaired) electrons. The average molecular weight is 312 g/mol. The Morgan fingerprint density at radius 1 is 1.35 bits per heavy atom. The van der Waals surface area contributed by atoms with Gasteiger partial charge in [0.25, 0.3) is 0 Å². The van der Waals surface area contributed by atoms with Crippen molar-refractivity contribution in [1.29, 1.82) is 0 Å². The Kier molecular flexibility index (Phi) is 4.76. The van der Waals surface area contributed by atoms with Crippen molar-refractivity contribution in [3.8, 4) is 0 Å². The summed E-state index contributed by atoms with van der Waals surface area (Å²) in [6, 6.07) is 12.7. The number of piperidine rings is 1. The van der Waals surface area contributed by atoms with Crippen LogP contribution in [0.1, 0.15) is 49.5 Å². The van der Waals surface area contributed by atoms with Gasteiger partial charge in [-0.3, -0.25) is 9.48 Å². The van der Waals surface area contributed by atoms with Gasteiger partial charge in [0.15, 0.2) is 0 Å². The molecule has 1 aromatic carbocycles. The van der Waals surface area contributed by atoms with Gasteiger partial charge in [0.2, 0.25) is 5.91 Å². The van der Waals surface area contributed by atoms with E-state index in [9.17, 15) is 4.79 Å². The van der Waals surface area contributed by atoms with E-state index in [2.05, 4.69) is 40.9 Å². The van der Waals surface area contributed by atoms with E-state index in [4.69, 9.17) is 0 Å². The fourth-order valence-corrected chi connectivity index (χ4v) is 3.24. The zero-order chi connectivity index (χ0) is 16.2. The molecule has 1 fully saturated rings. The number of nitrogens with zero attached hydrogens (tertiary/aromatic N) is 2. The summed E-state index contributed by atoms with van der Waals surface area (Å²) in [5.74, 6) is 0.128. The Hall–Kier alpha value is -2.14. The van der Waals surface area contributed by atoms with Crippen molar-refractivity contribution >= 4 is 5.91 Å². The van der Waals surface area contributed by atoms with E-state index in [-0.39, 0.29) is 24.0 Å². The molecule has 122 valence electrons. The Morgan fingerprint density at radius 2 is 2.13 bits per heavy atom. The first-order valence-electron chi connectivity index (χ1n) is 8.27. The molecule has 1 aromatic heterocycles. The van der Waals surface area contributed by atoms with Crippen molar-refractivity contribution in [3.63, 3.8) is 0 Å². The molecule has 1 unspecified atom stereocenters. The summed E-state index contributed by atoms with van der Waals surface area (Å²) in [5.41, 5.74) is 2.20. The molecule has 0 spiro atoms. The van der Waals surface area contributed by atoms with Crippen LogP contribution in [0.2, 0.25) is 0 Å². The standard InChI is InChI=1S/C18H24N4O/c1-3-14(15-11-12-22(2)21-15)19-16-9-10-17(23)20-18(16)13-7-5-4-6-8-13/h4-8,11-12,14,16,18-19H,3,9-10H2,1-2H3,(H,20,23)/t14?,16-,18+/m1/s1. The normalized spacial score (nSPS) is 22.6. The lowest BCUT2D eigenvalue weighted by Gasteiger charge is -2.35. The van der Waals surface area contributed by atoms with Crippen LogP contribution in [0.25, 0.3) is 0 Å². The van der Waals surface area contributed by atoms with E-state index >= 15 is 0 Å². The van der Waals surface area contributed by atoms with E-state index < -0.39 is 0 Å². The van der Waals surface area contributed by atoms with Gasteiger partial charge >= 0.3 is 0 Å². The van der Waals surface area contributed by atoms with Crippen LogP contribution in [0.5, 0.6) is 0 Å². The number of hydrogen-bond donors (Lipinski definition) is 2. The number of rotatable bonds is 5. The van der Waals surface area contributed by atoms with Crippen LogP contribution in [0, 0.1) is 0 Å². The van der Waals surface area contributed by atoms with E-state index in [0.29, 0.717) is 6.42 Å². The van der Waals surface area contributed by atoms with Crippen LogP contribution >= 0.6 is 0 Å². The molecule has 0 bridgehead atoms. The molecule has 1 saturated heterocycles. The van der Waals surface area contributed by atoms with E-state index in [1.54, 1.807) is 0 Å².